The standard InChI is InChI=1S/C27H31N5O7/c1-15(30-25(36)19(28)12-17-14-29-20-10-6-5-9-18(17)20)24(35)31-21(11-16-7-3-2-4-8-16)26(37)32-22(27(38)39)13-23(33)34/h2-10,14-15,19,21-22,29H,11-13,28H2,1H3,(H,30,36)(H,31,35)(H,32,37)(H,33,34)(H,38,39). The van der Waals surface area contributed by atoms with Gasteiger partial charge in [0, 0.05) is 23.5 Å². The highest BCUT2D eigenvalue weighted by atomic mass is 16.4. The predicted molar refractivity (Wildman–Crippen MR) is 141 cm³/mol. The molecule has 0 aliphatic rings. The number of aromatic amines is 1. The number of carboxylic acids is 2. The summed E-state index contributed by atoms with van der Waals surface area (Å²) >= 11 is 0. The number of hydrogen-bond donors (Lipinski definition) is 7. The fourth-order valence-electron chi connectivity index (χ4n) is 4.02. The number of carboxylic acid groups (broad SMARTS) is 2. The Labute approximate surface area is 224 Å². The molecular formula is C27H31N5O7. The molecule has 3 aromatic rings. The van der Waals surface area contributed by atoms with Gasteiger partial charge in [0.1, 0.15) is 18.1 Å². The number of hydrogen-bond acceptors (Lipinski definition) is 6. The fraction of sp³-hybridized carbons (Fsp3) is 0.296. The number of nitrogens with two attached hydrogens (primary N) is 1. The van der Waals surface area contributed by atoms with Gasteiger partial charge in [0.25, 0.3) is 0 Å². The molecule has 0 radical (unpaired) electrons. The maximum atomic E-state index is 12.9. The average molecular weight is 538 g/mol. The highest BCUT2D eigenvalue weighted by Crippen LogP contribution is 2.18. The van der Waals surface area contributed by atoms with Crippen molar-refractivity contribution in [2.75, 3.05) is 0 Å². The first-order valence-electron chi connectivity index (χ1n) is 12.3. The number of fused-ring (bicyclic) bond motifs is 1. The summed E-state index contributed by atoms with van der Waals surface area (Å²) < 4.78 is 0. The zero-order valence-electron chi connectivity index (χ0n) is 21.2. The molecule has 8 N–H and O–H groups in total. The Hall–Kier alpha value is -4.71. The van der Waals surface area contributed by atoms with Gasteiger partial charge in [0.05, 0.1) is 12.5 Å². The van der Waals surface area contributed by atoms with Crippen molar-refractivity contribution in [1.29, 1.82) is 0 Å². The topological polar surface area (TPSA) is 204 Å². The highest BCUT2D eigenvalue weighted by molar-refractivity contribution is 5.95. The Balaban J connectivity index is 1.65. The van der Waals surface area contributed by atoms with Crippen LogP contribution in [0.5, 0.6) is 0 Å². The summed E-state index contributed by atoms with van der Waals surface area (Å²) in [5.41, 5.74) is 8.52. The fourth-order valence-corrected chi connectivity index (χ4v) is 4.02. The van der Waals surface area contributed by atoms with Crippen molar-refractivity contribution < 1.29 is 34.2 Å². The van der Waals surface area contributed by atoms with Gasteiger partial charge in [-0.1, -0.05) is 48.5 Å². The Morgan fingerprint density at radius 1 is 0.821 bits per heavy atom. The number of H-pyrrole nitrogens is 1. The third kappa shape index (κ3) is 8.14. The van der Waals surface area contributed by atoms with Crippen molar-refractivity contribution in [3.8, 4) is 0 Å². The Bertz CT molecular complexity index is 1340. The molecule has 0 bridgehead atoms. The van der Waals surface area contributed by atoms with Crippen LogP contribution in [0.25, 0.3) is 10.9 Å². The smallest absolute Gasteiger partial charge is 0.326 e. The lowest BCUT2D eigenvalue weighted by Gasteiger charge is -2.23. The Morgan fingerprint density at radius 3 is 2.13 bits per heavy atom. The summed E-state index contributed by atoms with van der Waals surface area (Å²) in [6, 6.07) is 11.3. The molecule has 0 fully saturated rings. The average Bonchev–Trinajstić information content (AvgIpc) is 3.30. The van der Waals surface area contributed by atoms with Crippen molar-refractivity contribution in [1.82, 2.24) is 20.9 Å². The molecular weight excluding hydrogens is 506 g/mol. The van der Waals surface area contributed by atoms with E-state index in [1.54, 1.807) is 36.5 Å². The van der Waals surface area contributed by atoms with Crippen LogP contribution in [-0.2, 0) is 36.8 Å². The number of aromatic nitrogens is 1. The van der Waals surface area contributed by atoms with Gasteiger partial charge >= 0.3 is 11.9 Å². The summed E-state index contributed by atoms with van der Waals surface area (Å²) in [6.45, 7) is 1.42. The molecule has 1 heterocycles. The minimum atomic E-state index is -1.69. The highest BCUT2D eigenvalue weighted by Gasteiger charge is 2.30. The molecule has 0 spiro atoms. The second kappa shape index (κ2) is 13.2. The summed E-state index contributed by atoms with van der Waals surface area (Å²) in [5, 5.41) is 26.4. The molecule has 3 rings (SSSR count). The van der Waals surface area contributed by atoms with Crippen LogP contribution in [0.2, 0.25) is 0 Å². The van der Waals surface area contributed by atoms with Gasteiger partial charge in [-0.3, -0.25) is 19.2 Å². The van der Waals surface area contributed by atoms with E-state index in [9.17, 15) is 29.1 Å². The minimum absolute atomic E-state index is 0.00142. The van der Waals surface area contributed by atoms with Crippen molar-refractivity contribution in [2.45, 2.75) is 50.4 Å². The molecule has 39 heavy (non-hydrogen) atoms. The third-order valence-electron chi connectivity index (χ3n) is 6.11. The van der Waals surface area contributed by atoms with Gasteiger partial charge in [-0.2, -0.15) is 0 Å². The summed E-state index contributed by atoms with van der Waals surface area (Å²) in [4.78, 5) is 64.1. The van der Waals surface area contributed by atoms with E-state index in [0.29, 0.717) is 5.56 Å². The molecule has 4 unspecified atom stereocenters. The normalized spacial score (nSPS) is 14.0. The number of amides is 3. The lowest BCUT2D eigenvalue weighted by Crippen LogP contribution is -2.57. The van der Waals surface area contributed by atoms with E-state index in [1.165, 1.54) is 6.92 Å². The van der Waals surface area contributed by atoms with E-state index in [-0.39, 0.29) is 12.8 Å². The van der Waals surface area contributed by atoms with Crippen LogP contribution < -0.4 is 21.7 Å². The van der Waals surface area contributed by atoms with Gasteiger partial charge < -0.3 is 36.9 Å². The van der Waals surface area contributed by atoms with E-state index in [2.05, 4.69) is 20.9 Å². The van der Waals surface area contributed by atoms with Crippen LogP contribution in [0, 0.1) is 0 Å². The molecule has 0 saturated heterocycles. The first-order chi connectivity index (χ1) is 18.5. The molecule has 0 saturated carbocycles. The van der Waals surface area contributed by atoms with Crippen LogP contribution in [0.1, 0.15) is 24.5 Å². The molecule has 0 aliphatic heterocycles. The van der Waals surface area contributed by atoms with E-state index >= 15 is 0 Å². The van der Waals surface area contributed by atoms with Gasteiger partial charge in [-0.15, -0.1) is 0 Å². The van der Waals surface area contributed by atoms with Crippen molar-refractivity contribution in [3.05, 3.63) is 71.9 Å². The SMILES string of the molecule is CC(NC(=O)C(N)Cc1c[nH]c2ccccc12)C(=O)NC(Cc1ccccc1)C(=O)NC(CC(=O)O)C(=O)O. The zero-order valence-corrected chi connectivity index (χ0v) is 21.2. The third-order valence-corrected chi connectivity index (χ3v) is 6.11. The maximum Gasteiger partial charge on any atom is 0.326 e. The number of carbonyl (C=O) groups is 5. The largest absolute Gasteiger partial charge is 0.481 e. The summed E-state index contributed by atoms with van der Waals surface area (Å²) in [6.07, 6.45) is 1.16. The van der Waals surface area contributed by atoms with Crippen LogP contribution in [-0.4, -0.2) is 69.0 Å². The molecule has 1 aromatic heterocycles. The van der Waals surface area contributed by atoms with Crippen molar-refractivity contribution >= 4 is 40.6 Å². The molecule has 0 aliphatic carbocycles. The van der Waals surface area contributed by atoms with Crippen molar-refractivity contribution in [2.24, 2.45) is 5.73 Å². The van der Waals surface area contributed by atoms with Crippen LogP contribution in [0.4, 0.5) is 0 Å². The second-order valence-electron chi connectivity index (χ2n) is 9.15. The van der Waals surface area contributed by atoms with Gasteiger partial charge in [-0.25, -0.2) is 4.79 Å². The summed E-state index contributed by atoms with van der Waals surface area (Å²) in [7, 11) is 0. The van der Waals surface area contributed by atoms with Crippen molar-refractivity contribution in [3.63, 3.8) is 0 Å². The first kappa shape index (κ1) is 28.9. The lowest BCUT2D eigenvalue weighted by molar-refractivity contribution is -0.147. The van der Waals surface area contributed by atoms with Crippen LogP contribution in [0.3, 0.4) is 0 Å². The molecule has 3 amide bonds. The van der Waals surface area contributed by atoms with Gasteiger partial charge in [0.15, 0.2) is 0 Å². The number of para-hydroxylation sites is 1. The van der Waals surface area contributed by atoms with Crippen LogP contribution >= 0.6 is 0 Å². The van der Waals surface area contributed by atoms with E-state index in [0.717, 1.165) is 16.5 Å². The number of benzene rings is 2. The van der Waals surface area contributed by atoms with Gasteiger partial charge in [0.2, 0.25) is 17.7 Å². The molecule has 2 aromatic carbocycles. The number of aliphatic carboxylic acids is 2. The van der Waals surface area contributed by atoms with E-state index in [1.807, 2.05) is 24.3 Å². The number of carbonyl (C=O) groups excluding carboxylic acids is 3. The lowest BCUT2D eigenvalue weighted by atomic mass is 10.0. The predicted octanol–water partition coefficient (Wildman–Crippen LogP) is 0.314. The first-order valence-corrected chi connectivity index (χ1v) is 12.3. The minimum Gasteiger partial charge on any atom is -0.481 e. The molecule has 12 nitrogen and oxygen atoms in total. The Kier molecular flexibility index (Phi) is 9.76. The monoisotopic (exact) mass is 537 g/mol. The Morgan fingerprint density at radius 2 is 1.46 bits per heavy atom. The quantitative estimate of drug-likeness (QED) is 0.161. The van der Waals surface area contributed by atoms with Crippen LogP contribution in [0.15, 0.2) is 60.8 Å². The zero-order chi connectivity index (χ0) is 28.5. The van der Waals surface area contributed by atoms with E-state index in [4.69, 9.17) is 10.8 Å². The summed E-state index contributed by atoms with van der Waals surface area (Å²) in [5.74, 6) is -5.09. The molecule has 12 heteroatoms. The molecule has 4 atom stereocenters. The van der Waals surface area contributed by atoms with E-state index < -0.39 is 60.2 Å². The maximum absolute atomic E-state index is 12.9. The second-order valence-corrected chi connectivity index (χ2v) is 9.15. The van der Waals surface area contributed by atoms with Gasteiger partial charge in [-0.05, 0) is 30.5 Å². The molecule has 206 valence electrons. The number of rotatable bonds is 13. The number of nitrogens with one attached hydrogen (secondary N) is 4.